The van der Waals surface area contributed by atoms with Crippen LogP contribution in [-0.4, -0.2) is 78.7 Å². The standard InChI is InChI=1S/C22H31N5O3/c1-22(2,3)30-21(29)25-11-12-26-17(15-25)13-23-20(26)24-14-19(28)27-10-6-8-16-7-4-5-9-18(16)27/h4-5,7,9,17H,6,8,10-15H2,1-3H3,(H,23,24). The Bertz CT molecular complexity index is 847. The Morgan fingerprint density at radius 2 is 2.00 bits per heavy atom. The van der Waals surface area contributed by atoms with Gasteiger partial charge >= 0.3 is 6.09 Å². The quantitative estimate of drug-likeness (QED) is 0.801. The van der Waals surface area contributed by atoms with Gasteiger partial charge in [-0.05, 0) is 45.2 Å². The van der Waals surface area contributed by atoms with Gasteiger partial charge in [0.05, 0.1) is 19.1 Å². The van der Waals surface area contributed by atoms with Gasteiger partial charge in [-0.3, -0.25) is 9.79 Å². The van der Waals surface area contributed by atoms with E-state index in [1.807, 2.05) is 43.9 Å². The van der Waals surface area contributed by atoms with E-state index in [4.69, 9.17) is 4.74 Å². The summed E-state index contributed by atoms with van der Waals surface area (Å²) in [5.74, 6) is 0.808. The van der Waals surface area contributed by atoms with Crippen molar-refractivity contribution in [1.29, 1.82) is 0 Å². The van der Waals surface area contributed by atoms with Crippen LogP contribution in [0.2, 0.25) is 0 Å². The highest BCUT2D eigenvalue weighted by atomic mass is 16.6. The third kappa shape index (κ3) is 4.37. The topological polar surface area (TPSA) is 77.5 Å². The molecule has 3 aliphatic rings. The number of amides is 2. The van der Waals surface area contributed by atoms with E-state index in [0.717, 1.165) is 31.0 Å². The monoisotopic (exact) mass is 413 g/mol. The second-order valence-corrected chi connectivity index (χ2v) is 9.07. The molecule has 162 valence electrons. The Labute approximate surface area is 177 Å². The molecule has 1 fully saturated rings. The van der Waals surface area contributed by atoms with Crippen LogP contribution in [0.25, 0.3) is 0 Å². The van der Waals surface area contributed by atoms with Gasteiger partial charge in [0.25, 0.3) is 0 Å². The van der Waals surface area contributed by atoms with Crippen LogP contribution < -0.4 is 10.2 Å². The van der Waals surface area contributed by atoms with Crippen LogP contribution in [0.5, 0.6) is 0 Å². The van der Waals surface area contributed by atoms with Crippen molar-refractivity contribution in [2.75, 3.05) is 44.2 Å². The zero-order chi connectivity index (χ0) is 21.3. The first kappa shape index (κ1) is 20.5. The summed E-state index contributed by atoms with van der Waals surface area (Å²) < 4.78 is 5.49. The number of fused-ring (bicyclic) bond motifs is 2. The van der Waals surface area contributed by atoms with E-state index in [0.29, 0.717) is 26.2 Å². The third-order valence-corrected chi connectivity index (χ3v) is 5.67. The molecular formula is C22H31N5O3. The smallest absolute Gasteiger partial charge is 0.410 e. The lowest BCUT2D eigenvalue weighted by molar-refractivity contribution is -0.117. The Balaban J connectivity index is 1.31. The van der Waals surface area contributed by atoms with Gasteiger partial charge < -0.3 is 24.8 Å². The molecule has 30 heavy (non-hydrogen) atoms. The Kier molecular flexibility index (Phi) is 5.58. The number of hydrogen-bond acceptors (Lipinski definition) is 6. The van der Waals surface area contributed by atoms with E-state index in [1.54, 1.807) is 4.90 Å². The van der Waals surface area contributed by atoms with Crippen LogP contribution in [0.1, 0.15) is 32.8 Å². The second kappa shape index (κ2) is 8.16. The molecule has 0 aromatic heterocycles. The number of piperazine rings is 1. The lowest BCUT2D eigenvalue weighted by Gasteiger charge is -2.39. The fourth-order valence-electron chi connectivity index (χ4n) is 4.27. The zero-order valence-corrected chi connectivity index (χ0v) is 18.1. The molecule has 1 saturated heterocycles. The number of nitrogens with one attached hydrogen (secondary N) is 1. The van der Waals surface area contributed by atoms with Gasteiger partial charge in [0.2, 0.25) is 5.91 Å². The molecule has 3 heterocycles. The molecular weight excluding hydrogens is 382 g/mol. The van der Waals surface area contributed by atoms with Gasteiger partial charge in [-0.15, -0.1) is 0 Å². The number of nitrogens with zero attached hydrogens (tertiary/aromatic N) is 4. The van der Waals surface area contributed by atoms with Crippen molar-refractivity contribution in [3.8, 4) is 0 Å². The van der Waals surface area contributed by atoms with Gasteiger partial charge in [-0.2, -0.15) is 0 Å². The molecule has 1 aromatic rings. The number of aryl methyl sites for hydroxylation is 1. The summed E-state index contributed by atoms with van der Waals surface area (Å²) in [6.07, 6.45) is 1.73. The molecule has 1 aromatic carbocycles. The molecule has 1 atom stereocenters. The summed E-state index contributed by atoms with van der Waals surface area (Å²) in [4.78, 5) is 35.6. The van der Waals surface area contributed by atoms with Crippen LogP contribution in [0.4, 0.5) is 10.5 Å². The van der Waals surface area contributed by atoms with Crippen molar-refractivity contribution in [3.63, 3.8) is 0 Å². The van der Waals surface area contributed by atoms with Crippen molar-refractivity contribution in [1.82, 2.24) is 15.1 Å². The van der Waals surface area contributed by atoms with E-state index in [9.17, 15) is 9.59 Å². The van der Waals surface area contributed by atoms with Crippen LogP contribution in [0, 0.1) is 0 Å². The first-order valence-corrected chi connectivity index (χ1v) is 10.7. The molecule has 4 rings (SSSR count). The van der Waals surface area contributed by atoms with E-state index < -0.39 is 5.60 Å². The van der Waals surface area contributed by atoms with E-state index in [2.05, 4.69) is 21.3 Å². The van der Waals surface area contributed by atoms with Crippen molar-refractivity contribution in [2.24, 2.45) is 4.99 Å². The average Bonchev–Trinajstić information content (AvgIpc) is 3.12. The summed E-state index contributed by atoms with van der Waals surface area (Å²) in [7, 11) is 0. The molecule has 2 amide bonds. The normalized spacial score (nSPS) is 21.0. The maximum absolute atomic E-state index is 12.9. The number of para-hydroxylation sites is 1. The number of anilines is 1. The average molecular weight is 414 g/mol. The van der Waals surface area contributed by atoms with Gasteiger partial charge in [0.15, 0.2) is 5.96 Å². The lowest BCUT2D eigenvalue weighted by Crippen LogP contribution is -2.58. The second-order valence-electron chi connectivity index (χ2n) is 9.07. The number of guanidine groups is 1. The first-order chi connectivity index (χ1) is 14.3. The minimum absolute atomic E-state index is 0.0562. The Morgan fingerprint density at radius 1 is 1.20 bits per heavy atom. The summed E-state index contributed by atoms with van der Waals surface area (Å²) in [5, 5.41) is 3.24. The van der Waals surface area contributed by atoms with Crippen LogP contribution in [0.15, 0.2) is 29.3 Å². The Hall–Kier alpha value is -2.77. The molecule has 1 N–H and O–H groups in total. The van der Waals surface area contributed by atoms with Crippen LogP contribution in [-0.2, 0) is 16.0 Å². The number of carbonyl (C=O) groups excluding carboxylic acids is 2. The number of carbonyl (C=O) groups is 2. The zero-order valence-electron chi connectivity index (χ0n) is 18.1. The molecule has 0 radical (unpaired) electrons. The van der Waals surface area contributed by atoms with Gasteiger partial charge in [0, 0.05) is 31.9 Å². The summed E-state index contributed by atoms with van der Waals surface area (Å²) in [5.41, 5.74) is 1.75. The van der Waals surface area contributed by atoms with Gasteiger partial charge in [-0.25, -0.2) is 4.79 Å². The van der Waals surface area contributed by atoms with Crippen LogP contribution in [0.3, 0.4) is 0 Å². The molecule has 8 nitrogen and oxygen atoms in total. The van der Waals surface area contributed by atoms with E-state index in [1.165, 1.54) is 5.56 Å². The highest BCUT2D eigenvalue weighted by Crippen LogP contribution is 2.26. The third-order valence-electron chi connectivity index (χ3n) is 5.67. The van der Waals surface area contributed by atoms with Gasteiger partial charge in [-0.1, -0.05) is 18.2 Å². The number of aliphatic imine (C=N–C) groups is 1. The van der Waals surface area contributed by atoms with Gasteiger partial charge in [0.1, 0.15) is 5.60 Å². The molecule has 0 aliphatic carbocycles. The van der Waals surface area contributed by atoms with Crippen molar-refractivity contribution in [3.05, 3.63) is 29.8 Å². The minimum Gasteiger partial charge on any atom is -0.444 e. The molecule has 0 spiro atoms. The maximum Gasteiger partial charge on any atom is 0.410 e. The van der Waals surface area contributed by atoms with Crippen molar-refractivity contribution in [2.45, 2.75) is 45.3 Å². The van der Waals surface area contributed by atoms with E-state index in [-0.39, 0.29) is 24.6 Å². The summed E-state index contributed by atoms with van der Waals surface area (Å²) >= 11 is 0. The molecule has 0 saturated carbocycles. The number of ether oxygens (including phenoxy) is 1. The van der Waals surface area contributed by atoms with E-state index >= 15 is 0 Å². The highest BCUT2D eigenvalue weighted by Gasteiger charge is 2.36. The lowest BCUT2D eigenvalue weighted by atomic mass is 10.0. The molecule has 3 aliphatic heterocycles. The van der Waals surface area contributed by atoms with Crippen molar-refractivity contribution >= 4 is 23.6 Å². The predicted molar refractivity (Wildman–Crippen MR) is 116 cm³/mol. The molecule has 1 unspecified atom stereocenters. The fourth-order valence-corrected chi connectivity index (χ4v) is 4.27. The summed E-state index contributed by atoms with van der Waals surface area (Å²) in [6, 6.07) is 8.24. The Morgan fingerprint density at radius 3 is 2.80 bits per heavy atom. The number of benzene rings is 1. The fraction of sp³-hybridized carbons (Fsp3) is 0.591. The number of hydrogen-bond donors (Lipinski definition) is 1. The van der Waals surface area contributed by atoms with Crippen molar-refractivity contribution < 1.29 is 14.3 Å². The predicted octanol–water partition coefficient (Wildman–Crippen LogP) is 1.85. The van der Waals surface area contributed by atoms with Crippen LogP contribution >= 0.6 is 0 Å². The maximum atomic E-state index is 12.9. The minimum atomic E-state index is -0.499. The number of rotatable bonds is 2. The first-order valence-electron chi connectivity index (χ1n) is 10.7. The SMILES string of the molecule is CC(C)(C)OC(=O)N1CCN2C(NCC(=O)N3CCCc4ccccc43)=NCC2C1. The molecule has 0 bridgehead atoms. The summed E-state index contributed by atoms with van der Waals surface area (Å²) in [6.45, 7) is 9.04. The molecule has 8 heteroatoms. The highest BCUT2D eigenvalue weighted by molar-refractivity contribution is 5.98. The largest absolute Gasteiger partial charge is 0.444 e.